The number of aliphatic hydroxyl groups is 1. The van der Waals surface area contributed by atoms with E-state index in [1.165, 1.54) is 11.3 Å². The van der Waals surface area contributed by atoms with Gasteiger partial charge in [-0.25, -0.2) is 9.97 Å². The largest absolute Gasteiger partial charge is 0.481 e. The van der Waals surface area contributed by atoms with Crippen LogP contribution in [-0.2, 0) is 6.42 Å². The third kappa shape index (κ3) is 2.56. The second kappa shape index (κ2) is 5.05. The maximum Gasteiger partial charge on any atom is 0.213 e. The quantitative estimate of drug-likeness (QED) is 0.879. The zero-order valence-electron chi connectivity index (χ0n) is 8.83. The SMILES string of the molecule is COc1cccc(C(O)Cc2nccs2)n1. The van der Waals surface area contributed by atoms with Gasteiger partial charge in [0.1, 0.15) is 6.10 Å². The van der Waals surface area contributed by atoms with Crippen LogP contribution in [0.1, 0.15) is 16.8 Å². The summed E-state index contributed by atoms with van der Waals surface area (Å²) in [6, 6.07) is 5.34. The Labute approximate surface area is 97.6 Å². The molecule has 1 unspecified atom stereocenters. The summed E-state index contributed by atoms with van der Waals surface area (Å²) in [5, 5.41) is 12.8. The molecule has 5 heteroatoms. The van der Waals surface area contributed by atoms with E-state index in [4.69, 9.17) is 4.74 Å². The van der Waals surface area contributed by atoms with Crippen molar-refractivity contribution in [1.29, 1.82) is 0 Å². The Morgan fingerprint density at radius 1 is 1.50 bits per heavy atom. The molecule has 16 heavy (non-hydrogen) atoms. The van der Waals surface area contributed by atoms with Crippen LogP contribution in [0, 0.1) is 0 Å². The lowest BCUT2D eigenvalue weighted by molar-refractivity contribution is 0.172. The van der Waals surface area contributed by atoms with Crippen LogP contribution in [-0.4, -0.2) is 22.2 Å². The fourth-order valence-corrected chi connectivity index (χ4v) is 2.01. The number of aliphatic hydroxyl groups excluding tert-OH is 1. The van der Waals surface area contributed by atoms with Crippen LogP contribution in [0.4, 0.5) is 0 Å². The lowest BCUT2D eigenvalue weighted by Gasteiger charge is -2.09. The van der Waals surface area contributed by atoms with E-state index in [0.29, 0.717) is 18.0 Å². The molecule has 0 bridgehead atoms. The van der Waals surface area contributed by atoms with Crippen LogP contribution >= 0.6 is 11.3 Å². The van der Waals surface area contributed by atoms with Gasteiger partial charge in [-0.2, -0.15) is 0 Å². The number of aromatic nitrogens is 2. The number of ether oxygens (including phenoxy) is 1. The van der Waals surface area contributed by atoms with Gasteiger partial charge in [0.2, 0.25) is 5.88 Å². The molecule has 0 fully saturated rings. The molecule has 0 aromatic carbocycles. The first-order valence-electron chi connectivity index (χ1n) is 4.87. The van der Waals surface area contributed by atoms with Crippen molar-refractivity contribution in [3.05, 3.63) is 40.5 Å². The number of nitrogens with zero attached hydrogens (tertiary/aromatic N) is 2. The first kappa shape index (κ1) is 11.0. The normalized spacial score (nSPS) is 12.4. The minimum Gasteiger partial charge on any atom is -0.481 e. The predicted molar refractivity (Wildman–Crippen MR) is 61.6 cm³/mol. The maximum absolute atomic E-state index is 9.96. The number of thiazole rings is 1. The molecule has 2 aromatic heterocycles. The van der Waals surface area contributed by atoms with Crippen LogP contribution in [0.25, 0.3) is 0 Å². The van der Waals surface area contributed by atoms with Crippen molar-refractivity contribution >= 4 is 11.3 Å². The molecule has 0 saturated heterocycles. The van der Waals surface area contributed by atoms with Crippen molar-refractivity contribution in [2.24, 2.45) is 0 Å². The van der Waals surface area contributed by atoms with E-state index >= 15 is 0 Å². The van der Waals surface area contributed by atoms with Gasteiger partial charge in [0, 0.05) is 24.1 Å². The summed E-state index contributed by atoms with van der Waals surface area (Å²) >= 11 is 1.53. The summed E-state index contributed by atoms with van der Waals surface area (Å²) in [4.78, 5) is 8.30. The summed E-state index contributed by atoms with van der Waals surface area (Å²) in [5.74, 6) is 0.510. The van der Waals surface area contributed by atoms with Gasteiger partial charge in [-0.15, -0.1) is 11.3 Å². The minimum atomic E-state index is -0.638. The molecule has 4 nitrogen and oxygen atoms in total. The van der Waals surface area contributed by atoms with Gasteiger partial charge < -0.3 is 9.84 Å². The van der Waals surface area contributed by atoms with Gasteiger partial charge >= 0.3 is 0 Å². The first-order chi connectivity index (χ1) is 7.79. The molecule has 0 saturated carbocycles. The zero-order chi connectivity index (χ0) is 11.4. The van der Waals surface area contributed by atoms with Gasteiger partial charge in [0.25, 0.3) is 0 Å². The molecule has 84 valence electrons. The number of hydrogen-bond donors (Lipinski definition) is 1. The summed E-state index contributed by atoms with van der Waals surface area (Å²) < 4.78 is 5.00. The van der Waals surface area contributed by atoms with Crippen molar-refractivity contribution in [3.63, 3.8) is 0 Å². The van der Waals surface area contributed by atoms with Gasteiger partial charge in [-0.1, -0.05) is 6.07 Å². The second-order valence-corrected chi connectivity index (χ2v) is 4.23. The average Bonchev–Trinajstić information content (AvgIpc) is 2.82. The summed E-state index contributed by atoms with van der Waals surface area (Å²) in [6.45, 7) is 0. The monoisotopic (exact) mass is 236 g/mol. The van der Waals surface area contributed by atoms with E-state index in [1.54, 1.807) is 25.4 Å². The fourth-order valence-electron chi connectivity index (χ4n) is 1.35. The molecular formula is C11H12N2O2S. The Hall–Kier alpha value is -1.46. The Balaban J connectivity index is 2.11. The molecule has 0 spiro atoms. The van der Waals surface area contributed by atoms with E-state index < -0.39 is 6.10 Å². The highest BCUT2D eigenvalue weighted by molar-refractivity contribution is 7.09. The maximum atomic E-state index is 9.96. The lowest BCUT2D eigenvalue weighted by atomic mass is 10.2. The van der Waals surface area contributed by atoms with Crippen LogP contribution in [0.15, 0.2) is 29.8 Å². The van der Waals surface area contributed by atoms with Crippen LogP contribution in [0.5, 0.6) is 5.88 Å². The molecular weight excluding hydrogens is 224 g/mol. The van der Waals surface area contributed by atoms with E-state index in [0.717, 1.165) is 5.01 Å². The van der Waals surface area contributed by atoms with E-state index in [9.17, 15) is 5.11 Å². The molecule has 2 heterocycles. The number of rotatable bonds is 4. The molecule has 0 amide bonds. The molecule has 2 aromatic rings. The van der Waals surface area contributed by atoms with Crippen molar-refractivity contribution in [2.75, 3.05) is 7.11 Å². The topological polar surface area (TPSA) is 55.2 Å². The van der Waals surface area contributed by atoms with Crippen LogP contribution in [0.2, 0.25) is 0 Å². The Morgan fingerprint density at radius 2 is 2.38 bits per heavy atom. The first-order valence-corrected chi connectivity index (χ1v) is 5.75. The molecule has 0 aliphatic rings. The van der Waals surface area contributed by atoms with Gasteiger partial charge in [-0.05, 0) is 6.07 Å². The standard InChI is InChI=1S/C11H12N2O2S/c1-15-10-4-2-3-8(13-10)9(14)7-11-12-5-6-16-11/h2-6,9,14H,7H2,1H3. The summed E-state index contributed by atoms with van der Waals surface area (Å²) in [5.41, 5.74) is 0.606. The van der Waals surface area contributed by atoms with Crippen molar-refractivity contribution in [2.45, 2.75) is 12.5 Å². The molecule has 1 N–H and O–H groups in total. The number of methoxy groups -OCH3 is 1. The molecule has 2 rings (SSSR count). The summed E-state index contributed by atoms with van der Waals surface area (Å²) in [7, 11) is 1.55. The fraction of sp³-hybridized carbons (Fsp3) is 0.273. The van der Waals surface area contributed by atoms with Crippen LogP contribution in [0.3, 0.4) is 0 Å². The van der Waals surface area contributed by atoms with E-state index in [-0.39, 0.29) is 0 Å². The Morgan fingerprint density at radius 3 is 3.06 bits per heavy atom. The van der Waals surface area contributed by atoms with Gasteiger partial charge in [0.15, 0.2) is 0 Å². The summed E-state index contributed by atoms with van der Waals surface area (Å²) in [6.07, 6.45) is 1.57. The Kier molecular flexibility index (Phi) is 3.48. The third-order valence-corrected chi connectivity index (χ3v) is 2.95. The molecule has 1 atom stereocenters. The average molecular weight is 236 g/mol. The highest BCUT2D eigenvalue weighted by Crippen LogP contribution is 2.19. The van der Waals surface area contributed by atoms with Crippen molar-refractivity contribution in [3.8, 4) is 5.88 Å². The highest BCUT2D eigenvalue weighted by Gasteiger charge is 2.12. The van der Waals surface area contributed by atoms with Crippen molar-refractivity contribution in [1.82, 2.24) is 9.97 Å². The molecule has 0 aliphatic heterocycles. The predicted octanol–water partition coefficient (Wildman–Crippen LogP) is 1.82. The third-order valence-electron chi connectivity index (χ3n) is 2.15. The Bertz CT molecular complexity index is 445. The van der Waals surface area contributed by atoms with Gasteiger partial charge in [0.05, 0.1) is 17.8 Å². The minimum absolute atomic E-state index is 0.484. The molecule has 0 radical (unpaired) electrons. The van der Waals surface area contributed by atoms with E-state index in [2.05, 4.69) is 9.97 Å². The second-order valence-electron chi connectivity index (χ2n) is 3.25. The van der Waals surface area contributed by atoms with E-state index in [1.807, 2.05) is 11.4 Å². The van der Waals surface area contributed by atoms with Crippen LogP contribution < -0.4 is 4.74 Å². The lowest BCUT2D eigenvalue weighted by Crippen LogP contribution is -2.04. The number of hydrogen-bond acceptors (Lipinski definition) is 5. The highest BCUT2D eigenvalue weighted by atomic mass is 32.1. The zero-order valence-corrected chi connectivity index (χ0v) is 9.65. The van der Waals surface area contributed by atoms with Crippen molar-refractivity contribution < 1.29 is 9.84 Å². The molecule has 0 aliphatic carbocycles. The number of pyridine rings is 1. The van der Waals surface area contributed by atoms with Gasteiger partial charge in [-0.3, -0.25) is 0 Å². The smallest absolute Gasteiger partial charge is 0.213 e.